The van der Waals surface area contributed by atoms with Gasteiger partial charge in [-0.05, 0) is 98.1 Å². The fraction of sp³-hybridized carbons (Fsp3) is 0.295. The number of pyridine rings is 1. The van der Waals surface area contributed by atoms with Crippen LogP contribution < -0.4 is 15.4 Å². The minimum Gasteiger partial charge on any atom is -0.748 e. The number of hydrogen-bond donors (Lipinski definition) is 5. The van der Waals surface area contributed by atoms with Crippen LogP contribution in [0.5, 0.6) is 0 Å². The molecule has 20 nitrogen and oxygen atoms in total. The van der Waals surface area contributed by atoms with Crippen molar-refractivity contribution in [3.05, 3.63) is 137 Å². The zero-order chi connectivity index (χ0) is 51.1. The summed E-state index contributed by atoms with van der Waals surface area (Å²) in [6.45, 7) is 7.08. The summed E-state index contributed by atoms with van der Waals surface area (Å²) < 4.78 is 162. The van der Waals surface area contributed by atoms with Crippen molar-refractivity contribution in [1.82, 2.24) is 10.3 Å². The van der Waals surface area contributed by atoms with Gasteiger partial charge in [0.1, 0.15) is 6.54 Å². The number of fused-ring (bicyclic) bond motifs is 2. The predicted molar refractivity (Wildman–Crippen MR) is 254 cm³/mol. The van der Waals surface area contributed by atoms with E-state index >= 15 is 0 Å². The summed E-state index contributed by atoms with van der Waals surface area (Å²) in [5.74, 6) is -1.85. The number of nitrogens with two attached hydrogens (primary N) is 1. The van der Waals surface area contributed by atoms with Crippen molar-refractivity contribution in [3.63, 3.8) is 0 Å². The van der Waals surface area contributed by atoms with Crippen LogP contribution in [0.4, 0.5) is 11.4 Å². The summed E-state index contributed by atoms with van der Waals surface area (Å²) in [5, 5.41) is 7.96. The number of benzene rings is 3. The molecule has 69 heavy (non-hydrogen) atoms. The van der Waals surface area contributed by atoms with Gasteiger partial charge in [0.25, 0.3) is 36.3 Å². The van der Waals surface area contributed by atoms with Crippen LogP contribution in [0, 0.1) is 0 Å². The van der Waals surface area contributed by atoms with Gasteiger partial charge in [0.2, 0.25) is 15.7 Å². The van der Waals surface area contributed by atoms with Crippen molar-refractivity contribution >= 4 is 79.1 Å². The maximum Gasteiger partial charge on any atom is 0.294 e. The molecule has 0 radical (unpaired) electrons. The van der Waals surface area contributed by atoms with E-state index in [2.05, 4.69) is 10.3 Å². The lowest BCUT2D eigenvalue weighted by Gasteiger charge is -2.27. The first-order chi connectivity index (χ1) is 31.8. The van der Waals surface area contributed by atoms with Crippen molar-refractivity contribution in [1.29, 1.82) is 0 Å². The molecule has 0 atom stereocenters. The number of rotatable bonds is 18. The van der Waals surface area contributed by atoms with E-state index in [9.17, 15) is 65.1 Å². The highest BCUT2D eigenvalue weighted by molar-refractivity contribution is 7.89. The number of carbonyl (C=O) groups is 1. The highest BCUT2D eigenvalue weighted by Crippen LogP contribution is 2.49. The maximum absolute atomic E-state index is 13.3. The number of carbonyl (C=O) groups excluding carboxylic acids is 1. The largest absolute Gasteiger partial charge is 0.748 e. The molecule has 0 unspecified atom stereocenters. The van der Waals surface area contributed by atoms with Gasteiger partial charge in [-0.25, -0.2) is 22.0 Å². The second kappa shape index (κ2) is 19.4. The Labute approximate surface area is 401 Å². The van der Waals surface area contributed by atoms with E-state index in [4.69, 9.17) is 5.14 Å². The quantitative estimate of drug-likeness (QED) is 0.0533. The Hall–Kier alpha value is -5.48. The second-order valence-corrected chi connectivity index (χ2v) is 24.8. The number of sulfonamides is 1. The molecule has 6 N–H and O–H groups in total. The molecule has 3 aromatic carbocycles. The number of aromatic nitrogens is 1. The minimum absolute atomic E-state index is 0.00318. The molecule has 0 saturated heterocycles. The Balaban J connectivity index is 1.48. The van der Waals surface area contributed by atoms with Gasteiger partial charge in [0.05, 0.1) is 47.2 Å². The van der Waals surface area contributed by atoms with Crippen LogP contribution in [0.3, 0.4) is 0 Å². The summed E-state index contributed by atoms with van der Waals surface area (Å²) in [7, 11) is -22.3. The number of hydrogen-bond acceptors (Lipinski definition) is 14. The zero-order valence-corrected chi connectivity index (χ0v) is 41.5. The molecular weight excluding hydrogens is 999 g/mol. The Morgan fingerprint density at radius 2 is 1.45 bits per heavy atom. The Morgan fingerprint density at radius 1 is 0.797 bits per heavy atom. The van der Waals surface area contributed by atoms with Gasteiger partial charge in [0, 0.05) is 71.5 Å². The Bertz CT molecular complexity index is 3440. The highest BCUT2D eigenvalue weighted by atomic mass is 32.2. The first kappa shape index (κ1) is 52.9. The molecular formula is C44H49N5O15S5. The second-order valence-electron chi connectivity index (χ2n) is 17.3. The van der Waals surface area contributed by atoms with Gasteiger partial charge in [-0.3, -0.25) is 23.4 Å². The van der Waals surface area contributed by atoms with Crippen LogP contribution in [0.15, 0.2) is 124 Å². The smallest absolute Gasteiger partial charge is 0.294 e. The van der Waals surface area contributed by atoms with Gasteiger partial charge in [-0.2, -0.15) is 29.8 Å². The molecule has 0 spiro atoms. The average Bonchev–Trinajstić information content (AvgIpc) is 3.58. The molecule has 0 fully saturated rings. The third kappa shape index (κ3) is 12.5. The summed E-state index contributed by atoms with van der Waals surface area (Å²) in [6.07, 6.45) is 7.80. The lowest BCUT2D eigenvalue weighted by Crippen LogP contribution is -2.28. The Morgan fingerprint density at radius 3 is 2.04 bits per heavy atom. The first-order valence-electron chi connectivity index (χ1n) is 20.8. The molecule has 1 aromatic heterocycles. The molecule has 0 saturated carbocycles. The molecule has 0 aliphatic carbocycles. The first-order valence-corrected chi connectivity index (χ1v) is 28.4. The monoisotopic (exact) mass is 1050 g/mol. The van der Waals surface area contributed by atoms with Crippen molar-refractivity contribution in [3.8, 4) is 0 Å². The third-order valence-electron chi connectivity index (χ3n) is 11.7. The van der Waals surface area contributed by atoms with E-state index in [1.54, 1.807) is 67.5 Å². The fourth-order valence-corrected chi connectivity index (χ4v) is 10.9. The topological polar surface area (TPSA) is 329 Å². The predicted octanol–water partition coefficient (Wildman–Crippen LogP) is 4.06. The molecule has 4 aromatic rings. The average molecular weight is 1050 g/mol. The van der Waals surface area contributed by atoms with Crippen molar-refractivity contribution in [2.24, 2.45) is 5.14 Å². The number of primary sulfonamides is 1. The van der Waals surface area contributed by atoms with E-state index in [1.807, 2.05) is 0 Å². The number of amides is 1. The third-order valence-corrected chi connectivity index (χ3v) is 15.9. The summed E-state index contributed by atoms with van der Waals surface area (Å²) >= 11 is 0. The van der Waals surface area contributed by atoms with Crippen molar-refractivity contribution < 1.29 is 69.7 Å². The molecule has 3 heterocycles. The van der Waals surface area contributed by atoms with Crippen LogP contribution in [-0.2, 0) is 67.9 Å². The molecule has 2 aliphatic rings. The number of nitrogens with zero attached hydrogens (tertiary/aromatic N) is 3. The van der Waals surface area contributed by atoms with Crippen LogP contribution >= 0.6 is 0 Å². The standard InChI is InChI=1S/C44H49N5O15S5/c1-43(2)35-25-33(68(59,60)61)13-16-38(35)48(20-6-22-65(51,52)53)40(43)18-11-30(37-15-10-31(28-46-37)42(50)47-27-29-8-5-9-32(24-29)67(45,57)58)12-19-41-44(3,4)36-26-34(69(62,63)64)14-17-39(36)49(41)21-7-23-66(54,55)56/h5,8-19,24-26,28H,6-7,20-23,27H2,1-4H3,(H6-,45,47,50,51,52,53,54,55,56,57,58,59,60,61,62,63,64). The van der Waals surface area contributed by atoms with E-state index < -0.39 is 78.7 Å². The molecule has 6 rings (SSSR count). The molecule has 2 aliphatic heterocycles. The molecule has 25 heteroatoms. The van der Waals surface area contributed by atoms with Gasteiger partial charge in [0.15, 0.2) is 5.71 Å². The van der Waals surface area contributed by atoms with Gasteiger partial charge < -0.3 is 14.8 Å². The normalized spacial score (nSPS) is 16.9. The summed E-state index contributed by atoms with van der Waals surface area (Å²) in [5.41, 5.74) is 2.12. The van der Waals surface area contributed by atoms with Crippen molar-refractivity contribution in [2.75, 3.05) is 29.5 Å². The fourth-order valence-electron chi connectivity index (χ4n) is 8.30. The van der Waals surface area contributed by atoms with Crippen LogP contribution in [-0.4, -0.2) is 106 Å². The summed E-state index contributed by atoms with van der Waals surface area (Å²) in [6, 6.07) is 16.7. The van der Waals surface area contributed by atoms with E-state index in [-0.39, 0.29) is 58.4 Å². The maximum atomic E-state index is 13.3. The van der Waals surface area contributed by atoms with Crippen molar-refractivity contribution in [2.45, 2.75) is 72.6 Å². The summed E-state index contributed by atoms with van der Waals surface area (Å²) in [4.78, 5) is 18.7. The molecule has 0 bridgehead atoms. The van der Waals surface area contributed by atoms with Crippen LogP contribution in [0.2, 0.25) is 0 Å². The number of nitrogens with one attached hydrogen (secondary N) is 1. The zero-order valence-electron chi connectivity index (χ0n) is 37.5. The van der Waals surface area contributed by atoms with Crippen LogP contribution in [0.1, 0.15) is 73.3 Å². The molecule has 370 valence electrons. The molecule has 1 amide bonds. The minimum atomic E-state index is -4.65. The lowest BCUT2D eigenvalue weighted by atomic mass is 9.81. The lowest BCUT2D eigenvalue weighted by molar-refractivity contribution is -0.437. The highest BCUT2D eigenvalue weighted by Gasteiger charge is 2.45. The van der Waals surface area contributed by atoms with E-state index in [1.165, 1.54) is 72.9 Å². The number of anilines is 1. The van der Waals surface area contributed by atoms with Gasteiger partial charge >= 0.3 is 0 Å². The van der Waals surface area contributed by atoms with Crippen LogP contribution in [0.25, 0.3) is 5.57 Å². The van der Waals surface area contributed by atoms with Gasteiger partial charge in [-0.1, -0.05) is 32.1 Å². The van der Waals surface area contributed by atoms with Gasteiger partial charge in [-0.15, -0.1) is 0 Å². The number of allylic oxidation sites excluding steroid dienone is 6. The van der Waals surface area contributed by atoms with E-state index in [0.717, 1.165) is 0 Å². The SMILES string of the molecule is CC1(C)C(=CC=C(C=CC2=[N+](CCCS(=O)(=O)[O-])c3ccc(S(=O)(=O)O)cc3C2(C)C)c2ccc(C(=O)NCc3cccc(S(N)(=O)=O)c3)cn2)N(CCCS(=O)(=O)O)c2ccc(S(=O)(=O)O)cc21. The Kier molecular flexibility index (Phi) is 14.8. The van der Waals surface area contributed by atoms with E-state index in [0.29, 0.717) is 45.0 Å².